The maximum atomic E-state index is 14.5. The minimum Gasteiger partial charge on any atom is -0.497 e. The van der Waals surface area contributed by atoms with E-state index in [1.165, 1.54) is 23.3 Å². The SMILES string of the molecule is COc1ccc(F)c(-c2ccc(CCl)cc2C2=CCCC2(C)C)c1.COc1ccc(F)c(-c2ccc(CO)cc2C2=CCCC2(C)C)c1. The Morgan fingerprint density at radius 2 is 1.04 bits per heavy atom. The number of aliphatic hydroxyl groups is 1. The van der Waals surface area contributed by atoms with Crippen molar-refractivity contribution in [2.45, 2.75) is 65.9 Å². The molecule has 3 nitrogen and oxygen atoms in total. The lowest BCUT2D eigenvalue weighted by Crippen LogP contribution is -2.10. The van der Waals surface area contributed by atoms with Gasteiger partial charge in [0, 0.05) is 17.0 Å². The van der Waals surface area contributed by atoms with Gasteiger partial charge in [-0.2, -0.15) is 0 Å². The number of rotatable bonds is 8. The first-order valence-corrected chi connectivity index (χ1v) is 17.0. The van der Waals surface area contributed by atoms with Gasteiger partial charge in [0.1, 0.15) is 23.1 Å². The van der Waals surface area contributed by atoms with Crippen molar-refractivity contribution >= 4 is 22.7 Å². The summed E-state index contributed by atoms with van der Waals surface area (Å²) >= 11 is 6.04. The second-order valence-corrected chi connectivity index (χ2v) is 14.1. The molecule has 4 aromatic rings. The van der Waals surface area contributed by atoms with E-state index in [4.69, 9.17) is 21.1 Å². The number of alkyl halides is 1. The Bertz CT molecular complexity index is 1720. The Morgan fingerprint density at radius 1 is 0.604 bits per heavy atom. The molecule has 4 aromatic carbocycles. The van der Waals surface area contributed by atoms with Gasteiger partial charge in [-0.3, -0.25) is 0 Å². The first kappa shape index (κ1) is 35.4. The zero-order valence-electron chi connectivity index (χ0n) is 28.7. The summed E-state index contributed by atoms with van der Waals surface area (Å²) in [5.41, 5.74) is 9.37. The molecule has 0 aliphatic heterocycles. The molecule has 0 atom stereocenters. The summed E-state index contributed by atoms with van der Waals surface area (Å²) in [6.45, 7) is 8.88. The second kappa shape index (κ2) is 14.7. The van der Waals surface area contributed by atoms with Crippen LogP contribution >= 0.6 is 11.6 Å². The van der Waals surface area contributed by atoms with E-state index in [1.807, 2.05) is 30.3 Å². The molecule has 2 aliphatic carbocycles. The van der Waals surface area contributed by atoms with Gasteiger partial charge in [-0.05, 0) is 130 Å². The minimum absolute atomic E-state index is 0.0262. The molecule has 48 heavy (non-hydrogen) atoms. The van der Waals surface area contributed by atoms with Crippen LogP contribution in [0, 0.1) is 22.5 Å². The topological polar surface area (TPSA) is 38.7 Å². The highest BCUT2D eigenvalue weighted by Gasteiger charge is 2.31. The largest absolute Gasteiger partial charge is 0.497 e. The van der Waals surface area contributed by atoms with Crippen LogP contribution in [0.4, 0.5) is 8.78 Å². The third kappa shape index (κ3) is 7.38. The monoisotopic (exact) mass is 670 g/mol. The van der Waals surface area contributed by atoms with Gasteiger partial charge in [-0.25, -0.2) is 8.78 Å². The van der Waals surface area contributed by atoms with Gasteiger partial charge in [-0.15, -0.1) is 11.6 Å². The zero-order chi connectivity index (χ0) is 34.6. The number of allylic oxidation sites excluding steroid dienone is 4. The molecule has 0 spiro atoms. The lowest BCUT2D eigenvalue weighted by Gasteiger charge is -2.25. The second-order valence-electron chi connectivity index (χ2n) is 13.8. The third-order valence-electron chi connectivity index (χ3n) is 9.71. The lowest BCUT2D eigenvalue weighted by atomic mass is 9.79. The number of hydrogen-bond acceptors (Lipinski definition) is 3. The lowest BCUT2D eigenvalue weighted by molar-refractivity contribution is 0.282. The molecular weight excluding hydrogens is 626 g/mol. The molecule has 0 bridgehead atoms. The van der Waals surface area contributed by atoms with Crippen LogP contribution in [0.2, 0.25) is 0 Å². The quantitative estimate of drug-likeness (QED) is 0.190. The normalized spacial score (nSPS) is 16.1. The number of aliphatic hydroxyl groups excluding tert-OH is 1. The molecule has 0 heterocycles. The predicted octanol–water partition coefficient (Wildman–Crippen LogP) is 11.6. The van der Waals surface area contributed by atoms with Crippen molar-refractivity contribution < 1.29 is 23.4 Å². The van der Waals surface area contributed by atoms with Crippen molar-refractivity contribution in [1.29, 1.82) is 0 Å². The van der Waals surface area contributed by atoms with Crippen LogP contribution in [-0.4, -0.2) is 19.3 Å². The van der Waals surface area contributed by atoms with Crippen molar-refractivity contribution in [2.24, 2.45) is 10.8 Å². The summed E-state index contributed by atoms with van der Waals surface area (Å²) < 4.78 is 39.6. The number of methoxy groups -OCH3 is 2. The summed E-state index contributed by atoms with van der Waals surface area (Å²) in [6.07, 6.45) is 8.76. The molecule has 0 aromatic heterocycles. The van der Waals surface area contributed by atoms with E-state index in [1.54, 1.807) is 38.5 Å². The molecule has 6 rings (SSSR count). The van der Waals surface area contributed by atoms with E-state index < -0.39 is 0 Å². The van der Waals surface area contributed by atoms with Crippen molar-refractivity contribution in [1.82, 2.24) is 0 Å². The van der Waals surface area contributed by atoms with Crippen LogP contribution in [-0.2, 0) is 12.5 Å². The van der Waals surface area contributed by atoms with E-state index in [2.05, 4.69) is 45.9 Å². The smallest absolute Gasteiger partial charge is 0.131 e. The van der Waals surface area contributed by atoms with E-state index in [9.17, 15) is 13.9 Å². The van der Waals surface area contributed by atoms with Crippen molar-refractivity contribution in [2.75, 3.05) is 14.2 Å². The average molecular weight is 671 g/mol. The molecule has 252 valence electrons. The Morgan fingerprint density at radius 3 is 1.42 bits per heavy atom. The summed E-state index contributed by atoms with van der Waals surface area (Å²) in [5, 5.41) is 9.52. The molecule has 0 saturated carbocycles. The molecule has 1 N–H and O–H groups in total. The molecule has 6 heteroatoms. The summed E-state index contributed by atoms with van der Waals surface area (Å²) in [6, 6.07) is 21.4. The standard InChI is InChI=1S/C21H22ClFO.C21H23FO2/c1-21(2)10-4-5-19(21)17-11-14(13-22)6-8-16(17)18-12-15(24-3)7-9-20(18)23;1-21(2)10-4-5-19(21)17-11-14(13-23)6-8-16(17)18-12-15(24-3)7-9-20(18)22/h5-9,11-12H,4,10,13H2,1-3H3;5-9,11-12,23H,4,10,13H2,1-3H3. The predicted molar refractivity (Wildman–Crippen MR) is 194 cm³/mol. The Hall–Kier alpha value is -3.93. The molecule has 2 aliphatic rings. The van der Waals surface area contributed by atoms with E-state index in [-0.39, 0.29) is 29.1 Å². The van der Waals surface area contributed by atoms with Gasteiger partial charge < -0.3 is 14.6 Å². The zero-order valence-corrected chi connectivity index (χ0v) is 29.5. The number of hydrogen-bond donors (Lipinski definition) is 1. The van der Waals surface area contributed by atoms with Gasteiger partial charge in [0.2, 0.25) is 0 Å². The van der Waals surface area contributed by atoms with Gasteiger partial charge in [-0.1, -0.05) is 64.1 Å². The summed E-state index contributed by atoms with van der Waals surface area (Å²) in [4.78, 5) is 0. The van der Waals surface area contributed by atoms with Gasteiger partial charge in [0.25, 0.3) is 0 Å². The minimum atomic E-state index is -0.273. The Balaban J connectivity index is 0.000000188. The molecule has 0 saturated heterocycles. The Labute approximate surface area is 288 Å². The van der Waals surface area contributed by atoms with Crippen LogP contribution in [0.1, 0.15) is 75.6 Å². The van der Waals surface area contributed by atoms with E-state index in [0.717, 1.165) is 59.1 Å². The average Bonchev–Trinajstić information content (AvgIpc) is 3.64. The first-order chi connectivity index (χ1) is 22.9. The maximum Gasteiger partial charge on any atom is 0.131 e. The number of benzene rings is 4. The molecular formula is C42H45ClF2O3. The molecule has 0 amide bonds. The fourth-order valence-corrected chi connectivity index (χ4v) is 7.05. The van der Waals surface area contributed by atoms with Crippen LogP contribution < -0.4 is 9.47 Å². The fourth-order valence-electron chi connectivity index (χ4n) is 6.88. The summed E-state index contributed by atoms with van der Waals surface area (Å²) in [7, 11) is 3.17. The highest BCUT2D eigenvalue weighted by atomic mass is 35.5. The van der Waals surface area contributed by atoms with Crippen LogP contribution in [0.25, 0.3) is 33.4 Å². The van der Waals surface area contributed by atoms with Crippen LogP contribution in [0.15, 0.2) is 84.9 Å². The van der Waals surface area contributed by atoms with Crippen molar-refractivity contribution in [3.63, 3.8) is 0 Å². The summed E-state index contributed by atoms with van der Waals surface area (Å²) in [5.74, 6) is 1.21. The van der Waals surface area contributed by atoms with Gasteiger partial charge >= 0.3 is 0 Å². The molecule has 0 fully saturated rings. The van der Waals surface area contributed by atoms with Crippen LogP contribution in [0.5, 0.6) is 11.5 Å². The highest BCUT2D eigenvalue weighted by Crippen LogP contribution is 2.49. The molecule has 0 unspecified atom stereocenters. The van der Waals surface area contributed by atoms with Crippen molar-refractivity contribution in [3.8, 4) is 33.8 Å². The fraction of sp³-hybridized carbons (Fsp3) is 0.333. The van der Waals surface area contributed by atoms with Crippen molar-refractivity contribution in [3.05, 3.63) is 119 Å². The Kier molecular flexibility index (Phi) is 10.8. The molecule has 0 radical (unpaired) electrons. The number of halogens is 3. The third-order valence-corrected chi connectivity index (χ3v) is 10.0. The van der Waals surface area contributed by atoms with Gasteiger partial charge in [0.15, 0.2) is 0 Å². The van der Waals surface area contributed by atoms with Gasteiger partial charge in [0.05, 0.1) is 20.8 Å². The number of ether oxygens (including phenoxy) is 2. The maximum absolute atomic E-state index is 14.5. The van der Waals surface area contributed by atoms with E-state index in [0.29, 0.717) is 28.5 Å². The first-order valence-electron chi connectivity index (χ1n) is 16.4. The highest BCUT2D eigenvalue weighted by molar-refractivity contribution is 6.17. The van der Waals surface area contributed by atoms with E-state index >= 15 is 0 Å². The van der Waals surface area contributed by atoms with Crippen LogP contribution in [0.3, 0.4) is 0 Å².